The average Bonchev–Trinajstić information content (AvgIpc) is 2.33. The highest BCUT2D eigenvalue weighted by Crippen LogP contribution is 2.02. The summed E-state index contributed by atoms with van der Waals surface area (Å²) in [6, 6.07) is 0. The van der Waals surface area contributed by atoms with Gasteiger partial charge in [-0.15, -0.1) is 0 Å². The van der Waals surface area contributed by atoms with E-state index in [0.29, 0.717) is 5.75 Å². The van der Waals surface area contributed by atoms with Crippen molar-refractivity contribution in [2.24, 2.45) is 0 Å². The number of hydrogen-bond acceptors (Lipinski definition) is 1. The molecule has 0 radical (unpaired) electrons. The zero-order chi connectivity index (χ0) is 8.81. The summed E-state index contributed by atoms with van der Waals surface area (Å²) >= 11 is 0. The van der Waals surface area contributed by atoms with Gasteiger partial charge in [0.25, 0.3) is 0 Å². The molecule has 1 atom stereocenters. The molecule has 3 heteroatoms. The smallest absolute Gasteiger partial charge is 0.116 e. The van der Waals surface area contributed by atoms with E-state index in [1.54, 1.807) is 0 Å². The summed E-state index contributed by atoms with van der Waals surface area (Å²) in [7, 11) is -0.930. The minimum Gasteiger partial charge on any atom is -0.306 e. The fraction of sp³-hybridized carbons (Fsp3) is 0.333. The third kappa shape index (κ3) is 3.05. The van der Waals surface area contributed by atoms with Crippen molar-refractivity contribution in [3.05, 3.63) is 36.1 Å². The molecule has 1 aliphatic carbocycles. The van der Waals surface area contributed by atoms with E-state index in [2.05, 4.69) is 10.8 Å². The number of allylic oxidation sites excluding steroid dienone is 5. The van der Waals surface area contributed by atoms with Crippen LogP contribution in [0.15, 0.2) is 36.1 Å². The van der Waals surface area contributed by atoms with Crippen LogP contribution in [0.5, 0.6) is 0 Å². The van der Waals surface area contributed by atoms with Crippen molar-refractivity contribution >= 4 is 11.0 Å². The summed E-state index contributed by atoms with van der Waals surface area (Å²) in [5.41, 5.74) is 0.945. The highest BCUT2D eigenvalue weighted by atomic mass is 32.2. The van der Waals surface area contributed by atoms with E-state index in [-0.39, 0.29) is 0 Å². The summed E-state index contributed by atoms with van der Waals surface area (Å²) in [5, 5.41) is 0. The Morgan fingerprint density at radius 3 is 3.17 bits per heavy atom. The highest BCUT2D eigenvalue weighted by Gasteiger charge is 1.96. The Hall–Kier alpha value is -0.830. The minimum absolute atomic E-state index is 0.638. The summed E-state index contributed by atoms with van der Waals surface area (Å²) in [6.07, 6.45) is 10.8. The molecule has 0 saturated carbocycles. The molecule has 0 heterocycles. The molecule has 0 spiro atoms. The third-order valence-electron chi connectivity index (χ3n) is 1.49. The molecule has 0 saturated heterocycles. The summed E-state index contributed by atoms with van der Waals surface area (Å²) in [6.45, 7) is 1.89. The van der Waals surface area contributed by atoms with Gasteiger partial charge < -0.3 is 4.72 Å². The van der Waals surface area contributed by atoms with Crippen LogP contribution in [0.2, 0.25) is 0 Å². The van der Waals surface area contributed by atoms with Gasteiger partial charge >= 0.3 is 0 Å². The summed E-state index contributed by atoms with van der Waals surface area (Å²) < 4.78 is 14.0. The lowest BCUT2D eigenvalue weighted by atomic mass is 10.3. The van der Waals surface area contributed by atoms with Crippen LogP contribution >= 0.6 is 0 Å². The molecular formula is C9H13NOS. The monoisotopic (exact) mass is 183 g/mol. The maximum Gasteiger partial charge on any atom is 0.116 e. The van der Waals surface area contributed by atoms with Crippen LogP contribution < -0.4 is 4.72 Å². The maximum absolute atomic E-state index is 11.1. The van der Waals surface area contributed by atoms with E-state index < -0.39 is 11.0 Å². The molecule has 1 N–H and O–H groups in total. The molecule has 0 bridgehead atoms. The van der Waals surface area contributed by atoms with Gasteiger partial charge in [0.2, 0.25) is 0 Å². The van der Waals surface area contributed by atoms with Crippen molar-refractivity contribution in [3.63, 3.8) is 0 Å². The van der Waals surface area contributed by atoms with Gasteiger partial charge in [-0.25, -0.2) is 4.21 Å². The van der Waals surface area contributed by atoms with Crippen LogP contribution in [-0.2, 0) is 11.0 Å². The highest BCUT2D eigenvalue weighted by molar-refractivity contribution is 7.83. The van der Waals surface area contributed by atoms with E-state index in [0.717, 1.165) is 12.1 Å². The van der Waals surface area contributed by atoms with E-state index in [1.165, 1.54) is 0 Å². The standard InChI is InChI=1S/C9H13NOS/c1-2-12(11)10-9-7-5-3-4-6-8-9/h3-5,7-8,10H,2,6H2,1H3. The Bertz CT molecular complexity index is 253. The second kappa shape index (κ2) is 4.93. The van der Waals surface area contributed by atoms with Gasteiger partial charge in [-0.2, -0.15) is 0 Å². The number of nitrogens with one attached hydrogen (secondary N) is 1. The van der Waals surface area contributed by atoms with Gasteiger partial charge in [-0.1, -0.05) is 31.2 Å². The summed E-state index contributed by atoms with van der Waals surface area (Å²) in [4.78, 5) is 0. The third-order valence-corrected chi connectivity index (χ3v) is 2.48. The lowest BCUT2D eigenvalue weighted by molar-refractivity contribution is 0.679. The molecule has 0 aromatic rings. The van der Waals surface area contributed by atoms with Gasteiger partial charge in [0.05, 0.1) is 0 Å². The topological polar surface area (TPSA) is 29.1 Å². The van der Waals surface area contributed by atoms with Crippen molar-refractivity contribution in [2.75, 3.05) is 5.75 Å². The van der Waals surface area contributed by atoms with Gasteiger partial charge in [-0.05, 0) is 12.5 Å². The molecule has 0 aromatic carbocycles. The molecule has 66 valence electrons. The van der Waals surface area contributed by atoms with Crippen molar-refractivity contribution in [2.45, 2.75) is 13.3 Å². The molecule has 12 heavy (non-hydrogen) atoms. The second-order valence-electron chi connectivity index (χ2n) is 2.42. The molecule has 0 aliphatic heterocycles. The van der Waals surface area contributed by atoms with Gasteiger partial charge in [0.15, 0.2) is 0 Å². The SMILES string of the molecule is CCS(=O)NC1=CCC=CC=C1. The Labute approximate surface area is 75.6 Å². The molecule has 1 unspecified atom stereocenters. The summed E-state index contributed by atoms with van der Waals surface area (Å²) in [5.74, 6) is 0.638. The predicted molar refractivity (Wildman–Crippen MR) is 52.8 cm³/mol. The Kier molecular flexibility index (Phi) is 3.80. The molecular weight excluding hydrogens is 170 g/mol. The first kappa shape index (κ1) is 9.26. The van der Waals surface area contributed by atoms with Crippen LogP contribution in [0.1, 0.15) is 13.3 Å². The van der Waals surface area contributed by atoms with Gasteiger partial charge in [0, 0.05) is 11.4 Å². The second-order valence-corrected chi connectivity index (χ2v) is 3.89. The quantitative estimate of drug-likeness (QED) is 0.708. The van der Waals surface area contributed by atoms with Gasteiger partial charge in [-0.3, -0.25) is 0 Å². The largest absolute Gasteiger partial charge is 0.306 e. The number of rotatable bonds is 3. The van der Waals surface area contributed by atoms with E-state index in [1.807, 2.05) is 31.2 Å². The first-order valence-electron chi connectivity index (χ1n) is 4.01. The Balaban J connectivity index is 2.52. The van der Waals surface area contributed by atoms with Crippen LogP contribution in [0.25, 0.3) is 0 Å². The lowest BCUT2D eigenvalue weighted by Gasteiger charge is -2.03. The van der Waals surface area contributed by atoms with E-state index >= 15 is 0 Å². The van der Waals surface area contributed by atoms with Crippen LogP contribution in [0.3, 0.4) is 0 Å². The van der Waals surface area contributed by atoms with Crippen molar-refractivity contribution in [1.82, 2.24) is 4.72 Å². The number of hydrogen-bond donors (Lipinski definition) is 1. The Morgan fingerprint density at radius 1 is 1.58 bits per heavy atom. The maximum atomic E-state index is 11.1. The van der Waals surface area contributed by atoms with Crippen LogP contribution in [-0.4, -0.2) is 9.96 Å². The molecule has 0 aromatic heterocycles. The van der Waals surface area contributed by atoms with Crippen LogP contribution in [0.4, 0.5) is 0 Å². The van der Waals surface area contributed by atoms with E-state index in [9.17, 15) is 4.21 Å². The van der Waals surface area contributed by atoms with Crippen molar-refractivity contribution < 1.29 is 4.21 Å². The van der Waals surface area contributed by atoms with Crippen molar-refractivity contribution in [3.8, 4) is 0 Å². The molecule has 0 fully saturated rings. The average molecular weight is 183 g/mol. The molecule has 2 nitrogen and oxygen atoms in total. The first-order chi connectivity index (χ1) is 5.83. The molecule has 0 amide bonds. The molecule has 1 aliphatic rings. The van der Waals surface area contributed by atoms with Gasteiger partial charge in [0.1, 0.15) is 11.0 Å². The Morgan fingerprint density at radius 2 is 2.42 bits per heavy atom. The predicted octanol–water partition coefficient (Wildman–Crippen LogP) is 1.66. The van der Waals surface area contributed by atoms with Crippen molar-refractivity contribution in [1.29, 1.82) is 0 Å². The van der Waals surface area contributed by atoms with E-state index in [4.69, 9.17) is 0 Å². The lowest BCUT2D eigenvalue weighted by Crippen LogP contribution is -2.16. The zero-order valence-electron chi connectivity index (χ0n) is 7.12. The molecule has 1 rings (SSSR count). The zero-order valence-corrected chi connectivity index (χ0v) is 7.93. The normalized spacial score (nSPS) is 18.2. The fourth-order valence-corrected chi connectivity index (χ4v) is 1.42. The fourth-order valence-electron chi connectivity index (χ4n) is 0.859. The van der Waals surface area contributed by atoms with Crippen LogP contribution in [0, 0.1) is 0 Å². The minimum atomic E-state index is -0.930. The first-order valence-corrected chi connectivity index (χ1v) is 5.33.